The van der Waals surface area contributed by atoms with Gasteiger partial charge in [0.25, 0.3) is 0 Å². The molecule has 17 heavy (non-hydrogen) atoms. The molecule has 1 nitrogen and oxygen atoms in total. The zero-order valence-electron chi connectivity index (χ0n) is 10.1. The summed E-state index contributed by atoms with van der Waals surface area (Å²) in [6, 6.07) is 14.5. The number of halogens is 1. The van der Waals surface area contributed by atoms with Gasteiger partial charge in [0, 0.05) is 11.6 Å². The van der Waals surface area contributed by atoms with Crippen LogP contribution in [0.25, 0.3) is 11.1 Å². The van der Waals surface area contributed by atoms with E-state index in [2.05, 4.69) is 42.6 Å². The first-order valence-electron chi connectivity index (χ1n) is 5.71. The molecular weight excluding hydrogens is 230 g/mol. The molecule has 0 aromatic heterocycles. The molecule has 0 saturated carbocycles. The van der Waals surface area contributed by atoms with Crippen molar-refractivity contribution in [3.05, 3.63) is 58.6 Å². The summed E-state index contributed by atoms with van der Waals surface area (Å²) in [5.74, 6) is 0. The molecule has 0 heterocycles. The highest BCUT2D eigenvalue weighted by Gasteiger charge is 2.03. The van der Waals surface area contributed by atoms with Crippen molar-refractivity contribution in [2.45, 2.75) is 13.5 Å². The lowest BCUT2D eigenvalue weighted by atomic mass is 9.98. The van der Waals surface area contributed by atoms with E-state index < -0.39 is 0 Å². The number of hydrogen-bond acceptors (Lipinski definition) is 1. The Hall–Kier alpha value is -1.31. The van der Waals surface area contributed by atoms with Crippen LogP contribution in [0, 0.1) is 6.92 Å². The van der Waals surface area contributed by atoms with Gasteiger partial charge in [-0.1, -0.05) is 35.9 Å². The lowest BCUT2D eigenvalue weighted by Crippen LogP contribution is -2.05. The van der Waals surface area contributed by atoms with E-state index in [0.29, 0.717) is 0 Å². The number of aryl methyl sites for hydroxylation is 1. The van der Waals surface area contributed by atoms with Crippen molar-refractivity contribution in [3.8, 4) is 11.1 Å². The Bertz CT molecular complexity index is 503. The fraction of sp³-hybridized carbons (Fsp3) is 0.200. The van der Waals surface area contributed by atoms with Gasteiger partial charge in [-0.2, -0.15) is 0 Å². The van der Waals surface area contributed by atoms with E-state index in [1.165, 1.54) is 22.3 Å². The van der Waals surface area contributed by atoms with E-state index in [4.69, 9.17) is 11.6 Å². The van der Waals surface area contributed by atoms with Crippen LogP contribution in [0.3, 0.4) is 0 Å². The molecule has 0 radical (unpaired) electrons. The van der Waals surface area contributed by atoms with E-state index >= 15 is 0 Å². The van der Waals surface area contributed by atoms with Crippen LogP contribution >= 0.6 is 11.6 Å². The van der Waals surface area contributed by atoms with E-state index in [9.17, 15) is 0 Å². The Kier molecular flexibility index (Phi) is 3.82. The van der Waals surface area contributed by atoms with Gasteiger partial charge in [-0.05, 0) is 54.4 Å². The van der Waals surface area contributed by atoms with Gasteiger partial charge in [-0.15, -0.1) is 0 Å². The maximum absolute atomic E-state index is 5.91. The summed E-state index contributed by atoms with van der Waals surface area (Å²) in [5.41, 5.74) is 5.06. The third-order valence-electron chi connectivity index (χ3n) is 2.84. The average molecular weight is 246 g/mol. The van der Waals surface area contributed by atoms with Crippen LogP contribution in [0.4, 0.5) is 0 Å². The van der Waals surface area contributed by atoms with Crippen LogP contribution in [-0.4, -0.2) is 7.05 Å². The second kappa shape index (κ2) is 5.35. The van der Waals surface area contributed by atoms with Crippen LogP contribution in [0.2, 0.25) is 5.02 Å². The highest BCUT2D eigenvalue weighted by atomic mass is 35.5. The molecule has 0 aliphatic rings. The van der Waals surface area contributed by atoms with Gasteiger partial charge in [0.1, 0.15) is 0 Å². The van der Waals surface area contributed by atoms with Gasteiger partial charge in [-0.25, -0.2) is 0 Å². The third kappa shape index (κ3) is 2.87. The minimum absolute atomic E-state index is 0.776. The predicted molar refractivity (Wildman–Crippen MR) is 74.4 cm³/mol. The fourth-order valence-electron chi connectivity index (χ4n) is 1.92. The maximum atomic E-state index is 5.91. The van der Waals surface area contributed by atoms with Gasteiger partial charge in [-0.3, -0.25) is 0 Å². The molecule has 0 fully saturated rings. The molecule has 1 N–H and O–H groups in total. The molecule has 0 atom stereocenters. The highest BCUT2D eigenvalue weighted by Crippen LogP contribution is 2.25. The van der Waals surface area contributed by atoms with Gasteiger partial charge in [0.2, 0.25) is 0 Å². The van der Waals surface area contributed by atoms with Crippen molar-refractivity contribution in [1.82, 2.24) is 5.32 Å². The summed E-state index contributed by atoms with van der Waals surface area (Å²) >= 11 is 5.91. The molecule has 2 aromatic rings. The quantitative estimate of drug-likeness (QED) is 0.861. The van der Waals surface area contributed by atoms with E-state index in [1.807, 2.05) is 19.2 Å². The Balaban J connectivity index is 2.42. The van der Waals surface area contributed by atoms with Crippen molar-refractivity contribution in [3.63, 3.8) is 0 Å². The van der Waals surface area contributed by atoms with Crippen LogP contribution in [0.15, 0.2) is 42.5 Å². The Morgan fingerprint density at radius 1 is 1.06 bits per heavy atom. The molecule has 0 saturated heterocycles. The van der Waals surface area contributed by atoms with Gasteiger partial charge >= 0.3 is 0 Å². The highest BCUT2D eigenvalue weighted by molar-refractivity contribution is 6.30. The predicted octanol–water partition coefficient (Wildman–Crippen LogP) is 4.03. The first-order valence-corrected chi connectivity index (χ1v) is 6.08. The lowest BCUT2D eigenvalue weighted by molar-refractivity contribution is 0.818. The van der Waals surface area contributed by atoms with Crippen molar-refractivity contribution >= 4 is 11.6 Å². The Morgan fingerprint density at radius 2 is 1.76 bits per heavy atom. The van der Waals surface area contributed by atoms with E-state index in [1.54, 1.807) is 0 Å². The number of benzene rings is 2. The first kappa shape index (κ1) is 12.2. The van der Waals surface area contributed by atoms with Crippen LogP contribution in [-0.2, 0) is 6.54 Å². The van der Waals surface area contributed by atoms with Gasteiger partial charge in [0.05, 0.1) is 0 Å². The van der Waals surface area contributed by atoms with Crippen molar-refractivity contribution in [1.29, 1.82) is 0 Å². The molecule has 0 bridgehead atoms. The first-order chi connectivity index (χ1) is 8.20. The molecule has 2 rings (SSSR count). The van der Waals surface area contributed by atoms with Crippen molar-refractivity contribution in [2.75, 3.05) is 7.05 Å². The molecular formula is C15H16ClN. The second-order valence-electron chi connectivity index (χ2n) is 4.19. The largest absolute Gasteiger partial charge is 0.316 e. The minimum atomic E-state index is 0.776. The zero-order valence-corrected chi connectivity index (χ0v) is 10.9. The molecule has 0 unspecified atom stereocenters. The third-order valence-corrected chi connectivity index (χ3v) is 3.09. The molecule has 0 spiro atoms. The summed E-state index contributed by atoms with van der Waals surface area (Å²) in [7, 11) is 1.96. The summed E-state index contributed by atoms with van der Waals surface area (Å²) < 4.78 is 0. The summed E-state index contributed by atoms with van der Waals surface area (Å²) in [5, 5.41) is 3.95. The number of rotatable bonds is 3. The molecule has 2 heteroatoms. The van der Waals surface area contributed by atoms with Crippen LogP contribution in [0.1, 0.15) is 11.1 Å². The van der Waals surface area contributed by atoms with Gasteiger partial charge in [0.15, 0.2) is 0 Å². The SMILES string of the molecule is CNCc1ccc(C)c(-c2ccc(Cl)cc2)c1. The average Bonchev–Trinajstić information content (AvgIpc) is 2.33. The van der Waals surface area contributed by atoms with Crippen molar-refractivity contribution < 1.29 is 0 Å². The Morgan fingerprint density at radius 3 is 2.41 bits per heavy atom. The number of hydrogen-bond donors (Lipinski definition) is 1. The summed E-state index contributed by atoms with van der Waals surface area (Å²) in [6.45, 7) is 3.02. The summed E-state index contributed by atoms with van der Waals surface area (Å²) in [6.07, 6.45) is 0. The second-order valence-corrected chi connectivity index (χ2v) is 4.62. The zero-order chi connectivity index (χ0) is 12.3. The molecule has 0 aliphatic carbocycles. The Labute approximate surface area is 107 Å². The summed E-state index contributed by atoms with van der Waals surface area (Å²) in [4.78, 5) is 0. The molecule has 2 aromatic carbocycles. The smallest absolute Gasteiger partial charge is 0.0406 e. The van der Waals surface area contributed by atoms with Crippen LogP contribution < -0.4 is 5.32 Å². The normalized spacial score (nSPS) is 10.5. The van der Waals surface area contributed by atoms with Gasteiger partial charge < -0.3 is 5.32 Å². The standard InChI is InChI=1S/C15H16ClN/c1-11-3-4-12(10-17-2)9-15(11)13-5-7-14(16)8-6-13/h3-9,17H,10H2,1-2H3. The van der Waals surface area contributed by atoms with E-state index in [0.717, 1.165) is 11.6 Å². The van der Waals surface area contributed by atoms with Crippen molar-refractivity contribution in [2.24, 2.45) is 0 Å². The molecule has 88 valence electrons. The minimum Gasteiger partial charge on any atom is -0.316 e. The number of nitrogens with one attached hydrogen (secondary N) is 1. The lowest BCUT2D eigenvalue weighted by Gasteiger charge is -2.09. The maximum Gasteiger partial charge on any atom is 0.0406 e. The fourth-order valence-corrected chi connectivity index (χ4v) is 2.05. The van der Waals surface area contributed by atoms with E-state index in [-0.39, 0.29) is 0 Å². The van der Waals surface area contributed by atoms with Crippen LogP contribution in [0.5, 0.6) is 0 Å². The molecule has 0 aliphatic heterocycles. The monoisotopic (exact) mass is 245 g/mol. The molecule has 0 amide bonds. The topological polar surface area (TPSA) is 12.0 Å².